The van der Waals surface area contributed by atoms with Crippen LogP contribution in [0.5, 0.6) is 5.75 Å². The second kappa shape index (κ2) is 10.6. The smallest absolute Gasteiger partial charge is 0.322 e. The SMILES string of the molecule is COc1ccc(NC(=O)N(CC(=O)Nc2cc(C(C)(C)C)nn2-c2ccc(C)cc2)C(C)C)cc1. The molecule has 1 aromatic heterocycles. The molecule has 0 atom stereocenters. The number of carbonyl (C=O) groups excluding carboxylic acids is 2. The maximum absolute atomic E-state index is 13.1. The Balaban J connectivity index is 1.78. The van der Waals surface area contributed by atoms with E-state index < -0.39 is 0 Å². The highest BCUT2D eigenvalue weighted by molar-refractivity contribution is 5.97. The molecule has 3 rings (SSSR count). The number of carbonyl (C=O) groups is 2. The zero-order valence-electron chi connectivity index (χ0n) is 21.5. The van der Waals surface area contributed by atoms with Gasteiger partial charge in [-0.05, 0) is 57.2 Å². The van der Waals surface area contributed by atoms with Crippen LogP contribution in [0.15, 0.2) is 54.6 Å². The number of amides is 3. The lowest BCUT2D eigenvalue weighted by molar-refractivity contribution is -0.117. The first-order chi connectivity index (χ1) is 16.5. The van der Waals surface area contributed by atoms with Crippen LogP contribution >= 0.6 is 0 Å². The number of benzene rings is 2. The summed E-state index contributed by atoms with van der Waals surface area (Å²) >= 11 is 0. The van der Waals surface area contributed by atoms with Crippen molar-refractivity contribution in [3.63, 3.8) is 0 Å². The van der Waals surface area contributed by atoms with Gasteiger partial charge in [0.1, 0.15) is 18.1 Å². The summed E-state index contributed by atoms with van der Waals surface area (Å²) in [6.45, 7) is 11.9. The highest BCUT2D eigenvalue weighted by Gasteiger charge is 2.24. The van der Waals surface area contributed by atoms with E-state index in [1.807, 2.05) is 51.1 Å². The van der Waals surface area contributed by atoms with Crippen molar-refractivity contribution in [2.24, 2.45) is 0 Å². The van der Waals surface area contributed by atoms with E-state index in [9.17, 15) is 9.59 Å². The summed E-state index contributed by atoms with van der Waals surface area (Å²) in [5.74, 6) is 0.947. The summed E-state index contributed by atoms with van der Waals surface area (Å²) in [7, 11) is 1.59. The maximum Gasteiger partial charge on any atom is 0.322 e. The van der Waals surface area contributed by atoms with Gasteiger partial charge in [0.2, 0.25) is 5.91 Å². The number of nitrogens with zero attached hydrogens (tertiary/aromatic N) is 3. The predicted molar refractivity (Wildman–Crippen MR) is 139 cm³/mol. The summed E-state index contributed by atoms with van der Waals surface area (Å²) in [4.78, 5) is 27.5. The summed E-state index contributed by atoms with van der Waals surface area (Å²) < 4.78 is 6.89. The van der Waals surface area contributed by atoms with Crippen molar-refractivity contribution >= 4 is 23.4 Å². The normalized spacial score (nSPS) is 11.3. The Morgan fingerprint density at radius 3 is 2.20 bits per heavy atom. The fraction of sp³-hybridized carbons (Fsp3) is 0.370. The summed E-state index contributed by atoms with van der Waals surface area (Å²) in [5, 5.41) is 10.6. The van der Waals surface area contributed by atoms with Gasteiger partial charge in [-0.25, -0.2) is 9.48 Å². The van der Waals surface area contributed by atoms with Crippen molar-refractivity contribution in [3.05, 3.63) is 65.9 Å². The highest BCUT2D eigenvalue weighted by atomic mass is 16.5. The predicted octanol–water partition coefficient (Wildman–Crippen LogP) is 5.37. The number of methoxy groups -OCH3 is 1. The van der Waals surface area contributed by atoms with Crippen LogP contribution < -0.4 is 15.4 Å². The van der Waals surface area contributed by atoms with E-state index in [1.54, 1.807) is 36.1 Å². The second-order valence-corrected chi connectivity index (χ2v) is 9.84. The van der Waals surface area contributed by atoms with Gasteiger partial charge in [0.25, 0.3) is 0 Å². The second-order valence-electron chi connectivity index (χ2n) is 9.84. The average Bonchev–Trinajstić information content (AvgIpc) is 3.22. The quantitative estimate of drug-likeness (QED) is 0.479. The molecule has 2 N–H and O–H groups in total. The Kier molecular flexibility index (Phi) is 7.84. The van der Waals surface area contributed by atoms with Crippen LogP contribution in [0.1, 0.15) is 45.9 Å². The molecule has 0 aliphatic heterocycles. The number of rotatable bonds is 7. The number of anilines is 2. The van der Waals surface area contributed by atoms with Gasteiger partial charge in [0, 0.05) is 23.2 Å². The third-order valence-electron chi connectivity index (χ3n) is 5.56. The molecule has 0 aliphatic carbocycles. The molecule has 2 aromatic carbocycles. The molecule has 0 spiro atoms. The van der Waals surface area contributed by atoms with Gasteiger partial charge < -0.3 is 20.3 Å². The van der Waals surface area contributed by atoms with Crippen LogP contribution in [0.25, 0.3) is 5.69 Å². The van der Waals surface area contributed by atoms with Crippen molar-refractivity contribution in [1.29, 1.82) is 0 Å². The Bertz CT molecular complexity index is 1160. The molecule has 35 heavy (non-hydrogen) atoms. The Morgan fingerprint density at radius 1 is 1.03 bits per heavy atom. The molecule has 0 aliphatic rings. The average molecular weight is 478 g/mol. The Hall–Kier alpha value is -3.81. The molecule has 0 radical (unpaired) electrons. The van der Waals surface area contributed by atoms with Gasteiger partial charge in [0.05, 0.1) is 18.5 Å². The van der Waals surface area contributed by atoms with Crippen LogP contribution in [-0.2, 0) is 10.2 Å². The molecule has 8 nitrogen and oxygen atoms in total. The monoisotopic (exact) mass is 477 g/mol. The third kappa shape index (κ3) is 6.62. The minimum atomic E-state index is -0.359. The molecule has 0 unspecified atom stereocenters. The third-order valence-corrected chi connectivity index (χ3v) is 5.56. The summed E-state index contributed by atoms with van der Waals surface area (Å²) in [6, 6.07) is 16.3. The van der Waals surface area contributed by atoms with Crippen molar-refractivity contribution in [2.45, 2.75) is 53.0 Å². The van der Waals surface area contributed by atoms with Gasteiger partial charge in [-0.1, -0.05) is 38.5 Å². The minimum absolute atomic E-state index is 0.108. The van der Waals surface area contributed by atoms with E-state index in [-0.39, 0.29) is 29.9 Å². The Labute approximate surface area is 207 Å². The van der Waals surface area contributed by atoms with Gasteiger partial charge >= 0.3 is 6.03 Å². The molecular formula is C27H35N5O3. The first kappa shape index (κ1) is 25.8. The lowest BCUT2D eigenvalue weighted by Crippen LogP contribution is -2.44. The van der Waals surface area contributed by atoms with Gasteiger partial charge in [-0.15, -0.1) is 0 Å². The highest BCUT2D eigenvalue weighted by Crippen LogP contribution is 2.26. The van der Waals surface area contributed by atoms with Crippen LogP contribution in [-0.4, -0.2) is 46.3 Å². The largest absolute Gasteiger partial charge is 0.497 e. The topological polar surface area (TPSA) is 88.5 Å². The molecule has 1 heterocycles. The molecule has 0 bridgehead atoms. The summed E-state index contributed by atoms with van der Waals surface area (Å²) in [6.07, 6.45) is 0. The van der Waals surface area contributed by atoms with Crippen LogP contribution in [0.3, 0.4) is 0 Å². The number of aromatic nitrogens is 2. The first-order valence-corrected chi connectivity index (χ1v) is 11.7. The van der Waals surface area contributed by atoms with Crippen molar-refractivity contribution in [3.8, 4) is 11.4 Å². The van der Waals surface area contributed by atoms with Crippen molar-refractivity contribution in [2.75, 3.05) is 24.3 Å². The first-order valence-electron chi connectivity index (χ1n) is 11.7. The lowest BCUT2D eigenvalue weighted by Gasteiger charge is -2.26. The van der Waals surface area contributed by atoms with E-state index in [0.717, 1.165) is 16.9 Å². The van der Waals surface area contributed by atoms with Crippen molar-refractivity contribution < 1.29 is 14.3 Å². The number of hydrogen-bond acceptors (Lipinski definition) is 4. The van der Waals surface area contributed by atoms with Crippen LogP contribution in [0.4, 0.5) is 16.3 Å². The zero-order valence-corrected chi connectivity index (χ0v) is 21.5. The lowest BCUT2D eigenvalue weighted by atomic mass is 9.92. The van der Waals surface area contributed by atoms with E-state index >= 15 is 0 Å². The zero-order chi connectivity index (χ0) is 25.8. The molecule has 186 valence electrons. The number of urea groups is 1. The number of aryl methyl sites for hydroxylation is 1. The van der Waals surface area contributed by atoms with Crippen LogP contribution in [0.2, 0.25) is 0 Å². The van der Waals surface area contributed by atoms with Gasteiger partial charge in [-0.2, -0.15) is 5.10 Å². The van der Waals surface area contributed by atoms with Gasteiger partial charge in [-0.3, -0.25) is 4.79 Å². The standard InChI is InChI=1S/C27H35N5O3/c1-18(2)31(26(34)28-20-10-14-22(35-7)15-11-20)17-25(33)29-24-16-23(27(4,5)6)30-32(24)21-12-8-19(3)9-13-21/h8-16,18H,17H2,1-7H3,(H,28,34)(H,29,33). The fourth-order valence-electron chi connectivity index (χ4n) is 3.42. The molecular weight excluding hydrogens is 442 g/mol. The molecule has 8 heteroatoms. The number of ether oxygens (including phenoxy) is 1. The van der Waals surface area contributed by atoms with Crippen molar-refractivity contribution in [1.82, 2.24) is 14.7 Å². The van der Waals surface area contributed by atoms with E-state index in [0.29, 0.717) is 17.3 Å². The van der Waals surface area contributed by atoms with E-state index in [1.165, 1.54) is 4.90 Å². The molecule has 0 saturated heterocycles. The maximum atomic E-state index is 13.1. The molecule has 0 saturated carbocycles. The van der Waals surface area contributed by atoms with Gasteiger partial charge in [0.15, 0.2) is 0 Å². The van der Waals surface area contributed by atoms with E-state index in [4.69, 9.17) is 9.84 Å². The van der Waals surface area contributed by atoms with Crippen LogP contribution in [0, 0.1) is 6.92 Å². The number of hydrogen-bond donors (Lipinski definition) is 2. The molecule has 3 aromatic rings. The fourth-order valence-corrected chi connectivity index (χ4v) is 3.42. The molecule has 3 amide bonds. The molecule has 0 fully saturated rings. The minimum Gasteiger partial charge on any atom is -0.497 e. The van der Waals surface area contributed by atoms with E-state index in [2.05, 4.69) is 31.4 Å². The number of nitrogens with one attached hydrogen (secondary N) is 2. The Morgan fingerprint density at radius 2 is 1.66 bits per heavy atom. The summed E-state index contributed by atoms with van der Waals surface area (Å²) in [5.41, 5.74) is 3.26.